The first-order valence-corrected chi connectivity index (χ1v) is 5.32. The Bertz CT molecular complexity index is 637. The van der Waals surface area contributed by atoms with E-state index < -0.39 is 0 Å². The molecule has 82 valence electrons. The van der Waals surface area contributed by atoms with Crippen molar-refractivity contribution in [1.29, 1.82) is 0 Å². The molecule has 0 atom stereocenters. The Morgan fingerprint density at radius 1 is 0.765 bits per heavy atom. The number of rotatable bonds is 2. The molecular weight excluding hydrogens is 212 g/mol. The maximum Gasteiger partial charge on any atom is 0.161 e. The zero-order valence-electron chi connectivity index (χ0n) is 9.04. The molecule has 3 aromatic heterocycles. The number of pyridine rings is 3. The molecule has 0 unspecified atom stereocenters. The normalized spacial score (nSPS) is 10.4. The van der Waals surface area contributed by atoms with E-state index in [4.69, 9.17) is 0 Å². The van der Waals surface area contributed by atoms with E-state index in [2.05, 4.69) is 20.3 Å². The van der Waals surface area contributed by atoms with E-state index in [1.807, 2.05) is 42.5 Å². The van der Waals surface area contributed by atoms with Crippen LogP contribution in [-0.2, 0) is 0 Å². The summed E-state index contributed by atoms with van der Waals surface area (Å²) < 4.78 is 0. The highest BCUT2D eigenvalue weighted by atomic mass is 15.1. The van der Waals surface area contributed by atoms with E-state index in [0.29, 0.717) is 0 Å². The summed E-state index contributed by atoms with van der Waals surface area (Å²) in [6.45, 7) is 0. The molecule has 0 aliphatic rings. The second-order valence-corrected chi connectivity index (χ2v) is 3.59. The smallest absolute Gasteiger partial charge is 0.161 e. The van der Waals surface area contributed by atoms with Gasteiger partial charge in [-0.05, 0) is 36.4 Å². The van der Waals surface area contributed by atoms with Gasteiger partial charge >= 0.3 is 0 Å². The van der Waals surface area contributed by atoms with Gasteiger partial charge in [0.05, 0.1) is 0 Å². The first-order chi connectivity index (χ1) is 8.42. The molecule has 3 rings (SSSR count). The lowest BCUT2D eigenvalue weighted by atomic mass is 10.3. The third-order valence-corrected chi connectivity index (χ3v) is 2.39. The Morgan fingerprint density at radius 3 is 2.59 bits per heavy atom. The fourth-order valence-electron chi connectivity index (χ4n) is 1.59. The Morgan fingerprint density at radius 2 is 1.71 bits per heavy atom. The number of anilines is 2. The molecule has 0 amide bonds. The van der Waals surface area contributed by atoms with Crippen molar-refractivity contribution in [3.05, 3.63) is 54.9 Å². The van der Waals surface area contributed by atoms with Gasteiger partial charge in [-0.3, -0.25) is 0 Å². The van der Waals surface area contributed by atoms with E-state index >= 15 is 0 Å². The minimum Gasteiger partial charge on any atom is -0.325 e. The molecule has 4 heteroatoms. The lowest BCUT2D eigenvalue weighted by Gasteiger charge is -2.04. The summed E-state index contributed by atoms with van der Waals surface area (Å²) in [5.41, 5.74) is 0.730. The number of nitrogens with one attached hydrogen (secondary N) is 1. The fourth-order valence-corrected chi connectivity index (χ4v) is 1.59. The summed E-state index contributed by atoms with van der Waals surface area (Å²) in [6, 6.07) is 13.5. The van der Waals surface area contributed by atoms with Crippen LogP contribution in [0.5, 0.6) is 0 Å². The third-order valence-electron chi connectivity index (χ3n) is 2.39. The maximum absolute atomic E-state index is 4.41. The average molecular weight is 222 g/mol. The van der Waals surface area contributed by atoms with Crippen LogP contribution in [0.1, 0.15) is 0 Å². The number of aromatic nitrogens is 3. The zero-order chi connectivity index (χ0) is 11.5. The molecule has 4 nitrogen and oxygen atoms in total. The van der Waals surface area contributed by atoms with Gasteiger partial charge < -0.3 is 5.32 Å². The Kier molecular flexibility index (Phi) is 2.38. The van der Waals surface area contributed by atoms with E-state index in [1.165, 1.54) is 0 Å². The molecule has 0 saturated heterocycles. The minimum absolute atomic E-state index is 0.730. The van der Waals surface area contributed by atoms with Gasteiger partial charge in [-0.2, -0.15) is 0 Å². The summed E-state index contributed by atoms with van der Waals surface area (Å²) in [4.78, 5) is 12.8. The third kappa shape index (κ3) is 2.06. The molecule has 0 aliphatic carbocycles. The van der Waals surface area contributed by atoms with Crippen LogP contribution in [0.3, 0.4) is 0 Å². The van der Waals surface area contributed by atoms with Crippen molar-refractivity contribution in [1.82, 2.24) is 15.0 Å². The van der Waals surface area contributed by atoms with Crippen LogP contribution in [0.15, 0.2) is 54.9 Å². The van der Waals surface area contributed by atoms with Crippen LogP contribution in [0.2, 0.25) is 0 Å². The van der Waals surface area contributed by atoms with Crippen LogP contribution in [0, 0.1) is 0 Å². The highest BCUT2D eigenvalue weighted by Gasteiger charge is 1.99. The molecule has 0 bridgehead atoms. The lowest BCUT2D eigenvalue weighted by Crippen LogP contribution is -1.96. The zero-order valence-corrected chi connectivity index (χ0v) is 9.04. The molecule has 1 N–H and O–H groups in total. The number of fused-ring (bicyclic) bond motifs is 1. The van der Waals surface area contributed by atoms with Crippen molar-refractivity contribution in [2.75, 3.05) is 5.32 Å². The molecule has 0 spiro atoms. The molecule has 3 heterocycles. The summed E-state index contributed by atoms with van der Waals surface area (Å²) in [6.07, 6.45) is 3.47. The molecule has 0 aromatic carbocycles. The Labute approximate surface area is 98.4 Å². The second-order valence-electron chi connectivity index (χ2n) is 3.59. The molecule has 0 fully saturated rings. The predicted molar refractivity (Wildman–Crippen MR) is 67.1 cm³/mol. The fraction of sp³-hybridized carbons (Fsp3) is 0. The molecule has 0 aliphatic heterocycles. The first-order valence-electron chi connectivity index (χ1n) is 5.32. The van der Waals surface area contributed by atoms with Crippen molar-refractivity contribution >= 4 is 22.7 Å². The summed E-state index contributed by atoms with van der Waals surface area (Å²) >= 11 is 0. The monoisotopic (exact) mass is 222 g/mol. The van der Waals surface area contributed by atoms with Gasteiger partial charge in [0.2, 0.25) is 0 Å². The minimum atomic E-state index is 0.730. The van der Waals surface area contributed by atoms with E-state index in [9.17, 15) is 0 Å². The standard InChI is InChI=1S/C13H10N4/c1-2-8-14-11(5-1)16-12-7-6-10-4-3-9-15-13(10)17-12/h1-9H,(H,14,15,16,17). The average Bonchev–Trinajstić information content (AvgIpc) is 2.40. The quantitative estimate of drug-likeness (QED) is 0.724. The van der Waals surface area contributed by atoms with Gasteiger partial charge in [-0.15, -0.1) is 0 Å². The number of nitrogens with zero attached hydrogens (tertiary/aromatic N) is 3. The number of hydrogen-bond donors (Lipinski definition) is 1. The van der Waals surface area contributed by atoms with Crippen LogP contribution >= 0.6 is 0 Å². The number of hydrogen-bond acceptors (Lipinski definition) is 4. The second kappa shape index (κ2) is 4.17. The SMILES string of the molecule is c1ccc(Nc2ccc3cccnc3n2)nc1. The maximum atomic E-state index is 4.41. The highest BCUT2D eigenvalue weighted by molar-refractivity contribution is 5.76. The van der Waals surface area contributed by atoms with Crippen molar-refractivity contribution < 1.29 is 0 Å². The summed E-state index contributed by atoms with van der Waals surface area (Å²) in [5.74, 6) is 1.52. The lowest BCUT2D eigenvalue weighted by molar-refractivity contribution is 1.25. The van der Waals surface area contributed by atoms with Crippen molar-refractivity contribution in [2.45, 2.75) is 0 Å². The largest absolute Gasteiger partial charge is 0.325 e. The van der Waals surface area contributed by atoms with Gasteiger partial charge in [-0.25, -0.2) is 15.0 Å². The first kappa shape index (κ1) is 9.72. The highest BCUT2D eigenvalue weighted by Crippen LogP contribution is 2.15. The topological polar surface area (TPSA) is 50.7 Å². The van der Waals surface area contributed by atoms with Crippen LogP contribution < -0.4 is 5.32 Å². The van der Waals surface area contributed by atoms with Crippen LogP contribution in [0.25, 0.3) is 11.0 Å². The van der Waals surface area contributed by atoms with Gasteiger partial charge in [0.1, 0.15) is 11.6 Å². The van der Waals surface area contributed by atoms with E-state index in [-0.39, 0.29) is 0 Å². The summed E-state index contributed by atoms with van der Waals surface area (Å²) in [7, 11) is 0. The Hall–Kier alpha value is -2.49. The van der Waals surface area contributed by atoms with Crippen molar-refractivity contribution in [2.24, 2.45) is 0 Å². The van der Waals surface area contributed by atoms with Gasteiger partial charge in [0.15, 0.2) is 5.65 Å². The molecule has 3 aromatic rings. The van der Waals surface area contributed by atoms with Gasteiger partial charge in [0.25, 0.3) is 0 Å². The van der Waals surface area contributed by atoms with E-state index in [0.717, 1.165) is 22.7 Å². The molecule has 0 saturated carbocycles. The van der Waals surface area contributed by atoms with Crippen LogP contribution in [0.4, 0.5) is 11.6 Å². The van der Waals surface area contributed by atoms with Crippen molar-refractivity contribution in [3.63, 3.8) is 0 Å². The molecular formula is C13H10N4. The van der Waals surface area contributed by atoms with Gasteiger partial charge in [0, 0.05) is 17.8 Å². The molecule has 0 radical (unpaired) electrons. The van der Waals surface area contributed by atoms with Crippen LogP contribution in [-0.4, -0.2) is 15.0 Å². The predicted octanol–water partition coefficient (Wildman–Crippen LogP) is 2.77. The van der Waals surface area contributed by atoms with E-state index in [1.54, 1.807) is 12.4 Å². The van der Waals surface area contributed by atoms with Crippen molar-refractivity contribution in [3.8, 4) is 0 Å². The Balaban J connectivity index is 1.96. The molecule has 17 heavy (non-hydrogen) atoms. The summed E-state index contributed by atoms with van der Waals surface area (Å²) in [5, 5.41) is 4.16. The van der Waals surface area contributed by atoms with Gasteiger partial charge in [-0.1, -0.05) is 6.07 Å².